The van der Waals surface area contributed by atoms with Crippen molar-refractivity contribution < 1.29 is 19.5 Å². The second-order valence-corrected chi connectivity index (χ2v) is 5.39. The number of anilines is 1. The highest BCUT2D eigenvalue weighted by Gasteiger charge is 2.13. The minimum atomic E-state index is -0.321. The van der Waals surface area contributed by atoms with E-state index < -0.39 is 0 Å². The number of methoxy groups -OCH3 is 1. The van der Waals surface area contributed by atoms with E-state index in [9.17, 15) is 4.79 Å². The molecule has 0 aliphatic carbocycles. The van der Waals surface area contributed by atoms with Gasteiger partial charge in [0.25, 0.3) is 5.91 Å². The van der Waals surface area contributed by atoms with Gasteiger partial charge >= 0.3 is 0 Å². The Hall–Kier alpha value is -2.73. The summed E-state index contributed by atoms with van der Waals surface area (Å²) in [6.45, 7) is 1.74. The maximum Gasteiger partial charge on any atom is 0.262 e. The van der Waals surface area contributed by atoms with Crippen LogP contribution in [0.5, 0.6) is 11.5 Å². The van der Waals surface area contributed by atoms with Crippen molar-refractivity contribution in [3.8, 4) is 11.5 Å². The average Bonchev–Trinajstić information content (AvgIpc) is 2.56. The van der Waals surface area contributed by atoms with Gasteiger partial charge in [-0.2, -0.15) is 0 Å². The number of rotatable bonds is 6. The van der Waals surface area contributed by atoms with Gasteiger partial charge in [0.15, 0.2) is 18.1 Å². The molecule has 24 heavy (non-hydrogen) atoms. The van der Waals surface area contributed by atoms with Gasteiger partial charge in [0.2, 0.25) is 0 Å². The molecule has 0 aliphatic heterocycles. The molecule has 0 spiro atoms. The van der Waals surface area contributed by atoms with E-state index in [0.29, 0.717) is 17.0 Å². The highest BCUT2D eigenvalue weighted by molar-refractivity contribution is 6.32. The van der Waals surface area contributed by atoms with Gasteiger partial charge in [-0.25, -0.2) is 0 Å². The fourth-order valence-electron chi connectivity index (χ4n) is 1.99. The SMILES string of the molecule is COc1cc(/C=N\O)cc(Cl)c1OCC(=O)Nc1ccc(C)cc1. The first-order valence-electron chi connectivity index (χ1n) is 7.07. The third-order valence-corrected chi connectivity index (χ3v) is 3.42. The molecule has 2 aromatic carbocycles. The van der Waals surface area contributed by atoms with Crippen LogP contribution in [0.25, 0.3) is 0 Å². The summed E-state index contributed by atoms with van der Waals surface area (Å²) in [5.74, 6) is 0.256. The second kappa shape index (κ2) is 8.21. The van der Waals surface area contributed by atoms with Crippen molar-refractivity contribution in [1.82, 2.24) is 0 Å². The molecular formula is C17H17ClN2O4. The largest absolute Gasteiger partial charge is 0.493 e. The van der Waals surface area contributed by atoms with Crippen molar-refractivity contribution >= 4 is 29.4 Å². The quantitative estimate of drug-likeness (QED) is 0.476. The lowest BCUT2D eigenvalue weighted by molar-refractivity contribution is -0.118. The minimum Gasteiger partial charge on any atom is -0.493 e. The zero-order chi connectivity index (χ0) is 17.5. The molecule has 2 aromatic rings. The van der Waals surface area contributed by atoms with Crippen molar-refractivity contribution in [3.63, 3.8) is 0 Å². The van der Waals surface area contributed by atoms with Crippen LogP contribution in [0.2, 0.25) is 5.02 Å². The zero-order valence-corrected chi connectivity index (χ0v) is 14.0. The maximum absolute atomic E-state index is 12.0. The maximum atomic E-state index is 12.0. The Morgan fingerprint density at radius 3 is 2.67 bits per heavy atom. The van der Waals surface area contributed by atoms with Gasteiger partial charge in [-0.1, -0.05) is 34.5 Å². The number of carbonyl (C=O) groups is 1. The topological polar surface area (TPSA) is 80.2 Å². The highest BCUT2D eigenvalue weighted by Crippen LogP contribution is 2.36. The monoisotopic (exact) mass is 348 g/mol. The van der Waals surface area contributed by atoms with Crippen LogP contribution in [0.15, 0.2) is 41.6 Å². The number of oxime groups is 1. The molecule has 7 heteroatoms. The Balaban J connectivity index is 2.05. The molecule has 0 bridgehead atoms. The first-order chi connectivity index (χ1) is 11.5. The number of hydrogen-bond acceptors (Lipinski definition) is 5. The summed E-state index contributed by atoms with van der Waals surface area (Å²) >= 11 is 6.13. The van der Waals surface area contributed by atoms with Crippen LogP contribution in [-0.4, -0.2) is 31.0 Å². The number of nitrogens with one attached hydrogen (secondary N) is 1. The lowest BCUT2D eigenvalue weighted by Crippen LogP contribution is -2.20. The summed E-state index contributed by atoms with van der Waals surface area (Å²) in [7, 11) is 1.45. The van der Waals surface area contributed by atoms with Gasteiger partial charge in [-0.05, 0) is 31.2 Å². The summed E-state index contributed by atoms with van der Waals surface area (Å²) in [6.07, 6.45) is 1.21. The fraction of sp³-hybridized carbons (Fsp3) is 0.176. The number of amides is 1. The number of benzene rings is 2. The van der Waals surface area contributed by atoms with E-state index in [1.165, 1.54) is 19.4 Å². The first-order valence-corrected chi connectivity index (χ1v) is 7.45. The molecule has 0 atom stereocenters. The summed E-state index contributed by atoms with van der Waals surface area (Å²) in [6, 6.07) is 10.5. The second-order valence-electron chi connectivity index (χ2n) is 4.98. The lowest BCUT2D eigenvalue weighted by Gasteiger charge is -2.13. The first kappa shape index (κ1) is 17.6. The Kier molecular flexibility index (Phi) is 6.03. The van der Waals surface area contributed by atoms with Crippen molar-refractivity contribution in [2.45, 2.75) is 6.92 Å². The molecular weight excluding hydrogens is 332 g/mol. The normalized spacial score (nSPS) is 10.6. The predicted octanol–water partition coefficient (Wildman–Crippen LogP) is 3.48. The van der Waals surface area contributed by atoms with E-state index >= 15 is 0 Å². The molecule has 6 nitrogen and oxygen atoms in total. The molecule has 1 amide bonds. The Morgan fingerprint density at radius 1 is 1.33 bits per heavy atom. The Labute approximate surface area is 144 Å². The number of ether oxygens (including phenoxy) is 2. The van der Waals surface area contributed by atoms with Crippen molar-refractivity contribution in [1.29, 1.82) is 0 Å². The molecule has 0 unspecified atom stereocenters. The number of hydrogen-bond donors (Lipinski definition) is 2. The van der Waals surface area contributed by atoms with E-state index in [4.69, 9.17) is 26.3 Å². The molecule has 0 aliphatic rings. The minimum absolute atomic E-state index is 0.225. The van der Waals surface area contributed by atoms with Crippen molar-refractivity contribution in [2.75, 3.05) is 19.0 Å². The van der Waals surface area contributed by atoms with Crippen LogP contribution in [-0.2, 0) is 4.79 Å². The van der Waals surface area contributed by atoms with E-state index in [0.717, 1.165) is 5.56 Å². The summed E-state index contributed by atoms with van der Waals surface area (Å²) < 4.78 is 10.7. The number of nitrogens with zero attached hydrogens (tertiary/aromatic N) is 1. The predicted molar refractivity (Wildman–Crippen MR) is 92.7 cm³/mol. The summed E-state index contributed by atoms with van der Waals surface area (Å²) in [5, 5.41) is 14.5. The van der Waals surface area contributed by atoms with Crippen LogP contribution >= 0.6 is 11.6 Å². The van der Waals surface area contributed by atoms with Gasteiger partial charge in [-0.15, -0.1) is 0 Å². The van der Waals surface area contributed by atoms with Crippen LogP contribution in [0.4, 0.5) is 5.69 Å². The standard InChI is InChI=1S/C17H17ClN2O4/c1-11-3-5-13(6-4-11)20-16(21)10-24-17-14(18)7-12(9-19-22)8-15(17)23-2/h3-9,22H,10H2,1-2H3,(H,20,21)/b19-9-. The third kappa shape index (κ3) is 4.63. The molecule has 2 N–H and O–H groups in total. The van der Waals surface area contributed by atoms with Crippen molar-refractivity contribution in [2.24, 2.45) is 5.16 Å². The number of halogens is 1. The van der Waals surface area contributed by atoms with E-state index in [1.54, 1.807) is 6.07 Å². The zero-order valence-electron chi connectivity index (χ0n) is 13.2. The molecule has 0 fully saturated rings. The average molecular weight is 349 g/mol. The van der Waals surface area contributed by atoms with Crippen LogP contribution in [0, 0.1) is 6.92 Å². The van der Waals surface area contributed by atoms with Gasteiger partial charge in [0.1, 0.15) is 0 Å². The van der Waals surface area contributed by atoms with Crippen LogP contribution < -0.4 is 14.8 Å². The van der Waals surface area contributed by atoms with E-state index in [1.807, 2.05) is 31.2 Å². The highest BCUT2D eigenvalue weighted by atomic mass is 35.5. The summed E-state index contributed by atoms with van der Waals surface area (Å²) in [4.78, 5) is 12.0. The van der Waals surface area contributed by atoms with Gasteiger partial charge < -0.3 is 20.0 Å². The smallest absolute Gasteiger partial charge is 0.262 e. The lowest BCUT2D eigenvalue weighted by atomic mass is 10.2. The van der Waals surface area contributed by atoms with Crippen LogP contribution in [0.1, 0.15) is 11.1 Å². The van der Waals surface area contributed by atoms with Crippen molar-refractivity contribution in [3.05, 3.63) is 52.5 Å². The molecule has 0 aromatic heterocycles. The molecule has 126 valence electrons. The molecule has 2 rings (SSSR count). The Bertz CT molecular complexity index is 745. The fourth-order valence-corrected chi connectivity index (χ4v) is 2.27. The molecule has 0 heterocycles. The molecule has 0 saturated carbocycles. The molecule has 0 radical (unpaired) electrons. The number of carbonyl (C=O) groups excluding carboxylic acids is 1. The van der Waals surface area contributed by atoms with Gasteiger partial charge in [-0.3, -0.25) is 4.79 Å². The van der Waals surface area contributed by atoms with Gasteiger partial charge in [0.05, 0.1) is 18.3 Å². The third-order valence-electron chi connectivity index (χ3n) is 3.14. The van der Waals surface area contributed by atoms with E-state index in [2.05, 4.69) is 10.5 Å². The Morgan fingerprint density at radius 2 is 2.04 bits per heavy atom. The van der Waals surface area contributed by atoms with Crippen LogP contribution in [0.3, 0.4) is 0 Å². The molecule has 0 saturated heterocycles. The summed E-state index contributed by atoms with van der Waals surface area (Å²) in [5.41, 5.74) is 2.32. The van der Waals surface area contributed by atoms with E-state index in [-0.39, 0.29) is 23.3 Å². The number of aryl methyl sites for hydroxylation is 1. The van der Waals surface area contributed by atoms with Gasteiger partial charge in [0, 0.05) is 11.3 Å².